The molecule has 5 nitrogen and oxygen atoms in total. The smallest absolute Gasteiger partial charge is 0.177 e. The van der Waals surface area contributed by atoms with E-state index in [0.717, 1.165) is 5.82 Å². The topological polar surface area (TPSA) is 51.4 Å². The maximum Gasteiger partial charge on any atom is 0.177 e. The van der Waals surface area contributed by atoms with Crippen molar-refractivity contribution in [3.05, 3.63) is 29.3 Å². The van der Waals surface area contributed by atoms with Gasteiger partial charge in [-0.3, -0.25) is 4.68 Å². The van der Waals surface area contributed by atoms with E-state index in [2.05, 4.69) is 15.1 Å². The highest BCUT2D eigenvalue weighted by atomic mass is 32.1. The molecular weight excluding hydrogens is 198 g/mol. The van der Waals surface area contributed by atoms with Gasteiger partial charge in [0.2, 0.25) is 0 Å². The third-order valence-corrected chi connectivity index (χ3v) is 2.41. The Labute approximate surface area is 86.4 Å². The summed E-state index contributed by atoms with van der Waals surface area (Å²) >= 11 is 5.11. The first-order valence-corrected chi connectivity index (χ1v) is 4.70. The Morgan fingerprint density at radius 3 is 2.86 bits per heavy atom. The Kier molecular flexibility index (Phi) is 2.20. The molecule has 0 aliphatic heterocycles. The zero-order valence-corrected chi connectivity index (χ0v) is 8.82. The van der Waals surface area contributed by atoms with E-state index >= 15 is 0 Å². The SMILES string of the molecule is CC(c1ncn(C)n1)n1cc[nH]c1=S. The lowest BCUT2D eigenvalue weighted by Gasteiger charge is -2.08. The second kappa shape index (κ2) is 3.38. The van der Waals surface area contributed by atoms with Crippen LogP contribution in [-0.4, -0.2) is 24.3 Å². The molecule has 14 heavy (non-hydrogen) atoms. The fourth-order valence-corrected chi connectivity index (χ4v) is 1.59. The molecule has 0 aliphatic rings. The molecule has 0 saturated carbocycles. The van der Waals surface area contributed by atoms with Gasteiger partial charge in [-0.15, -0.1) is 0 Å². The van der Waals surface area contributed by atoms with Crippen molar-refractivity contribution in [2.24, 2.45) is 7.05 Å². The number of nitrogens with zero attached hydrogens (tertiary/aromatic N) is 4. The highest BCUT2D eigenvalue weighted by molar-refractivity contribution is 7.71. The van der Waals surface area contributed by atoms with E-state index in [-0.39, 0.29) is 6.04 Å². The minimum absolute atomic E-state index is 0.0648. The van der Waals surface area contributed by atoms with Gasteiger partial charge in [-0.05, 0) is 19.1 Å². The predicted octanol–water partition coefficient (Wildman–Crippen LogP) is 1.28. The van der Waals surface area contributed by atoms with E-state index in [9.17, 15) is 0 Å². The Hall–Kier alpha value is -1.43. The third-order valence-electron chi connectivity index (χ3n) is 2.08. The lowest BCUT2D eigenvalue weighted by molar-refractivity contribution is 0.584. The third kappa shape index (κ3) is 1.48. The molecule has 1 atom stereocenters. The van der Waals surface area contributed by atoms with Crippen LogP contribution in [0, 0.1) is 4.77 Å². The van der Waals surface area contributed by atoms with Crippen molar-refractivity contribution in [3.8, 4) is 0 Å². The van der Waals surface area contributed by atoms with Gasteiger partial charge in [0.25, 0.3) is 0 Å². The Morgan fingerprint density at radius 1 is 1.57 bits per heavy atom. The van der Waals surface area contributed by atoms with Gasteiger partial charge in [-0.2, -0.15) is 5.10 Å². The van der Waals surface area contributed by atoms with Gasteiger partial charge in [0, 0.05) is 19.4 Å². The van der Waals surface area contributed by atoms with E-state index in [4.69, 9.17) is 12.2 Å². The van der Waals surface area contributed by atoms with Gasteiger partial charge in [-0.25, -0.2) is 4.98 Å². The first-order valence-electron chi connectivity index (χ1n) is 4.29. The van der Waals surface area contributed by atoms with Gasteiger partial charge in [0.1, 0.15) is 6.33 Å². The monoisotopic (exact) mass is 209 g/mol. The minimum Gasteiger partial charge on any atom is -0.337 e. The average Bonchev–Trinajstić information content (AvgIpc) is 2.73. The number of nitrogens with one attached hydrogen (secondary N) is 1. The number of hydrogen-bond acceptors (Lipinski definition) is 3. The molecule has 6 heteroatoms. The molecule has 74 valence electrons. The van der Waals surface area contributed by atoms with Crippen molar-refractivity contribution < 1.29 is 0 Å². The van der Waals surface area contributed by atoms with Gasteiger partial charge in [0.15, 0.2) is 10.6 Å². The molecule has 1 unspecified atom stereocenters. The molecule has 0 aliphatic carbocycles. The fraction of sp³-hybridized carbons (Fsp3) is 0.375. The lowest BCUT2D eigenvalue weighted by Crippen LogP contribution is -2.08. The summed E-state index contributed by atoms with van der Waals surface area (Å²) < 4.78 is 4.29. The van der Waals surface area contributed by atoms with Crippen LogP contribution in [-0.2, 0) is 7.05 Å². The zero-order valence-electron chi connectivity index (χ0n) is 8.01. The average molecular weight is 209 g/mol. The van der Waals surface area contributed by atoms with Gasteiger partial charge in [-0.1, -0.05) is 0 Å². The van der Waals surface area contributed by atoms with Crippen LogP contribution in [0.5, 0.6) is 0 Å². The molecule has 1 N–H and O–H groups in total. The highest BCUT2D eigenvalue weighted by Gasteiger charge is 2.11. The second-order valence-electron chi connectivity index (χ2n) is 3.12. The van der Waals surface area contributed by atoms with Crippen molar-refractivity contribution in [2.75, 3.05) is 0 Å². The van der Waals surface area contributed by atoms with Crippen molar-refractivity contribution in [3.63, 3.8) is 0 Å². The fourth-order valence-electron chi connectivity index (χ4n) is 1.31. The van der Waals surface area contributed by atoms with E-state index < -0.39 is 0 Å². The second-order valence-corrected chi connectivity index (χ2v) is 3.51. The number of hydrogen-bond donors (Lipinski definition) is 1. The summed E-state index contributed by atoms with van der Waals surface area (Å²) in [7, 11) is 1.85. The number of aromatic amines is 1. The number of rotatable bonds is 2. The van der Waals surface area contributed by atoms with E-state index in [1.807, 2.05) is 30.9 Å². The van der Waals surface area contributed by atoms with Crippen LogP contribution < -0.4 is 0 Å². The molecule has 0 spiro atoms. The summed E-state index contributed by atoms with van der Waals surface area (Å²) in [6.45, 7) is 2.01. The molecule has 2 aromatic rings. The molecule has 0 saturated heterocycles. The van der Waals surface area contributed by atoms with Crippen LogP contribution in [0.2, 0.25) is 0 Å². The summed E-state index contributed by atoms with van der Waals surface area (Å²) in [4.78, 5) is 7.13. The maximum absolute atomic E-state index is 5.11. The first-order chi connectivity index (χ1) is 6.68. The standard InChI is InChI=1S/C8H11N5S/c1-6(7-10-5-12(2)11-7)13-4-3-9-8(13)14/h3-6H,1-2H3,(H,9,14). The molecular formula is C8H11N5S. The van der Waals surface area contributed by atoms with Crippen LogP contribution in [0.4, 0.5) is 0 Å². The predicted molar refractivity (Wildman–Crippen MR) is 54.4 cm³/mol. The quantitative estimate of drug-likeness (QED) is 0.758. The first kappa shape index (κ1) is 9.14. The van der Waals surface area contributed by atoms with Crippen LogP contribution in [0.15, 0.2) is 18.7 Å². The summed E-state index contributed by atoms with van der Waals surface area (Å²) in [5.74, 6) is 0.767. The zero-order chi connectivity index (χ0) is 10.1. The lowest BCUT2D eigenvalue weighted by atomic mass is 10.3. The normalized spacial score (nSPS) is 13.0. The van der Waals surface area contributed by atoms with Crippen molar-refractivity contribution in [1.29, 1.82) is 0 Å². The summed E-state index contributed by atoms with van der Waals surface area (Å²) in [5, 5.41) is 4.23. The number of imidazole rings is 1. The van der Waals surface area contributed by atoms with Crippen molar-refractivity contribution in [2.45, 2.75) is 13.0 Å². The molecule has 2 rings (SSSR count). The highest BCUT2D eigenvalue weighted by Crippen LogP contribution is 2.12. The molecule has 0 fully saturated rings. The van der Waals surface area contributed by atoms with E-state index in [1.165, 1.54) is 0 Å². The Balaban J connectivity index is 2.38. The summed E-state index contributed by atoms with van der Waals surface area (Å²) in [6, 6.07) is 0.0648. The van der Waals surface area contributed by atoms with Crippen LogP contribution in [0.1, 0.15) is 18.8 Å². The Morgan fingerprint density at radius 2 is 2.36 bits per heavy atom. The summed E-state index contributed by atoms with van der Waals surface area (Å²) in [5.41, 5.74) is 0. The van der Waals surface area contributed by atoms with Gasteiger partial charge >= 0.3 is 0 Å². The van der Waals surface area contributed by atoms with Crippen LogP contribution in [0.25, 0.3) is 0 Å². The minimum atomic E-state index is 0.0648. The molecule has 2 aromatic heterocycles. The molecule has 0 radical (unpaired) electrons. The molecule has 0 aromatic carbocycles. The summed E-state index contributed by atoms with van der Waals surface area (Å²) in [6.07, 6.45) is 5.38. The van der Waals surface area contributed by atoms with Crippen LogP contribution >= 0.6 is 12.2 Å². The van der Waals surface area contributed by atoms with Gasteiger partial charge < -0.3 is 9.55 Å². The largest absolute Gasteiger partial charge is 0.337 e. The van der Waals surface area contributed by atoms with Crippen molar-refractivity contribution in [1.82, 2.24) is 24.3 Å². The Bertz CT molecular complexity index is 480. The molecule has 0 amide bonds. The number of aromatic nitrogens is 5. The van der Waals surface area contributed by atoms with E-state index in [0.29, 0.717) is 4.77 Å². The van der Waals surface area contributed by atoms with Crippen molar-refractivity contribution >= 4 is 12.2 Å². The number of H-pyrrole nitrogens is 1. The molecule has 0 bridgehead atoms. The van der Waals surface area contributed by atoms with Crippen LogP contribution in [0.3, 0.4) is 0 Å². The number of aryl methyl sites for hydroxylation is 1. The van der Waals surface area contributed by atoms with Gasteiger partial charge in [0.05, 0.1) is 6.04 Å². The molecule has 2 heterocycles. The maximum atomic E-state index is 5.11. The van der Waals surface area contributed by atoms with E-state index in [1.54, 1.807) is 11.0 Å².